The fourth-order valence-electron chi connectivity index (χ4n) is 1.70. The summed E-state index contributed by atoms with van der Waals surface area (Å²) < 4.78 is 5.60. The number of anilines is 1. The molecule has 0 fully saturated rings. The largest absolute Gasteiger partial charge is 0.494 e. The predicted molar refractivity (Wildman–Crippen MR) is 74.9 cm³/mol. The van der Waals surface area contributed by atoms with E-state index >= 15 is 0 Å². The van der Waals surface area contributed by atoms with Gasteiger partial charge in [-0.3, -0.25) is 0 Å². The molecule has 0 spiro atoms. The van der Waals surface area contributed by atoms with Crippen LogP contribution in [0, 0.1) is 0 Å². The van der Waals surface area contributed by atoms with Crippen LogP contribution in [0.4, 0.5) is 5.69 Å². The van der Waals surface area contributed by atoms with Crippen LogP contribution in [0.1, 0.15) is 46.0 Å². The predicted octanol–water partition coefficient (Wildman–Crippen LogP) is 4.47. The topological polar surface area (TPSA) is 21.3 Å². The first kappa shape index (κ1) is 13.9. The van der Waals surface area contributed by atoms with Crippen molar-refractivity contribution in [2.24, 2.45) is 0 Å². The Morgan fingerprint density at radius 1 is 1.06 bits per heavy atom. The Kier molecular flexibility index (Phi) is 7.28. The third-order valence-corrected chi connectivity index (χ3v) is 2.67. The zero-order valence-corrected chi connectivity index (χ0v) is 11.2. The summed E-state index contributed by atoms with van der Waals surface area (Å²) in [5.41, 5.74) is 1.16. The second kappa shape index (κ2) is 8.91. The fraction of sp³-hybridized carbons (Fsp3) is 0.600. The van der Waals surface area contributed by atoms with Crippen LogP contribution in [0.3, 0.4) is 0 Å². The molecular formula is C15H25NO. The molecule has 0 aliphatic heterocycles. The molecule has 0 heterocycles. The standard InChI is InChI=1S/C15H25NO/c1-3-5-6-7-11-16-14-9-8-10-15(13-14)17-12-4-2/h8-10,13,16H,3-7,11-12H2,1-2H3. The van der Waals surface area contributed by atoms with E-state index in [4.69, 9.17) is 4.74 Å². The molecule has 2 nitrogen and oxygen atoms in total. The van der Waals surface area contributed by atoms with E-state index in [2.05, 4.69) is 31.3 Å². The third kappa shape index (κ3) is 6.20. The van der Waals surface area contributed by atoms with Crippen molar-refractivity contribution in [1.29, 1.82) is 0 Å². The van der Waals surface area contributed by atoms with E-state index < -0.39 is 0 Å². The highest BCUT2D eigenvalue weighted by Gasteiger charge is 1.96. The average molecular weight is 235 g/mol. The van der Waals surface area contributed by atoms with Gasteiger partial charge in [-0.2, -0.15) is 0 Å². The average Bonchev–Trinajstić information content (AvgIpc) is 2.37. The lowest BCUT2D eigenvalue weighted by molar-refractivity contribution is 0.317. The number of unbranched alkanes of at least 4 members (excludes halogenated alkanes) is 3. The Bertz CT molecular complexity index is 299. The van der Waals surface area contributed by atoms with Gasteiger partial charge in [0.2, 0.25) is 0 Å². The smallest absolute Gasteiger partial charge is 0.121 e. The van der Waals surface area contributed by atoms with Crippen LogP contribution in [0.15, 0.2) is 24.3 Å². The van der Waals surface area contributed by atoms with Crippen molar-refractivity contribution in [3.63, 3.8) is 0 Å². The first-order chi connectivity index (χ1) is 8.36. The zero-order chi connectivity index (χ0) is 12.3. The molecule has 0 amide bonds. The van der Waals surface area contributed by atoms with Gasteiger partial charge in [-0.15, -0.1) is 0 Å². The minimum absolute atomic E-state index is 0.792. The lowest BCUT2D eigenvalue weighted by Gasteiger charge is -2.09. The van der Waals surface area contributed by atoms with Crippen molar-refractivity contribution in [3.8, 4) is 5.75 Å². The summed E-state index contributed by atoms with van der Waals surface area (Å²) in [5, 5.41) is 3.44. The van der Waals surface area contributed by atoms with Crippen LogP contribution < -0.4 is 10.1 Å². The van der Waals surface area contributed by atoms with E-state index in [1.807, 2.05) is 12.1 Å². The molecular weight excluding hydrogens is 210 g/mol. The second-order valence-electron chi connectivity index (χ2n) is 4.36. The summed E-state index contributed by atoms with van der Waals surface area (Å²) in [6, 6.07) is 8.23. The van der Waals surface area contributed by atoms with Crippen LogP contribution in [0.2, 0.25) is 0 Å². The molecule has 0 aliphatic rings. The van der Waals surface area contributed by atoms with Crippen molar-refractivity contribution in [3.05, 3.63) is 24.3 Å². The molecule has 1 rings (SSSR count). The molecule has 1 aromatic carbocycles. The number of ether oxygens (including phenoxy) is 1. The maximum Gasteiger partial charge on any atom is 0.121 e. The van der Waals surface area contributed by atoms with Gasteiger partial charge in [0, 0.05) is 18.3 Å². The van der Waals surface area contributed by atoms with Gasteiger partial charge in [-0.05, 0) is 25.0 Å². The van der Waals surface area contributed by atoms with Crippen LogP contribution >= 0.6 is 0 Å². The Morgan fingerprint density at radius 2 is 1.94 bits per heavy atom. The van der Waals surface area contributed by atoms with Crippen molar-refractivity contribution in [1.82, 2.24) is 0 Å². The maximum atomic E-state index is 5.60. The third-order valence-electron chi connectivity index (χ3n) is 2.67. The molecule has 0 radical (unpaired) electrons. The highest BCUT2D eigenvalue weighted by atomic mass is 16.5. The van der Waals surface area contributed by atoms with Crippen molar-refractivity contribution < 1.29 is 4.74 Å². The maximum absolute atomic E-state index is 5.60. The van der Waals surface area contributed by atoms with E-state index in [-0.39, 0.29) is 0 Å². The lowest BCUT2D eigenvalue weighted by Crippen LogP contribution is -2.02. The number of hydrogen-bond donors (Lipinski definition) is 1. The quantitative estimate of drug-likeness (QED) is 0.638. The van der Waals surface area contributed by atoms with Gasteiger partial charge in [0.15, 0.2) is 0 Å². The molecule has 17 heavy (non-hydrogen) atoms. The molecule has 0 saturated carbocycles. The van der Waals surface area contributed by atoms with Crippen LogP contribution in [-0.4, -0.2) is 13.2 Å². The van der Waals surface area contributed by atoms with Gasteiger partial charge >= 0.3 is 0 Å². The van der Waals surface area contributed by atoms with E-state index in [1.54, 1.807) is 0 Å². The summed E-state index contributed by atoms with van der Waals surface area (Å²) in [4.78, 5) is 0. The van der Waals surface area contributed by atoms with Crippen molar-refractivity contribution >= 4 is 5.69 Å². The first-order valence-electron chi connectivity index (χ1n) is 6.83. The van der Waals surface area contributed by atoms with Crippen molar-refractivity contribution in [2.75, 3.05) is 18.5 Å². The van der Waals surface area contributed by atoms with Gasteiger partial charge in [0.05, 0.1) is 6.61 Å². The molecule has 96 valence electrons. The molecule has 0 bridgehead atoms. The Morgan fingerprint density at radius 3 is 2.71 bits per heavy atom. The van der Waals surface area contributed by atoms with Gasteiger partial charge in [0.1, 0.15) is 5.75 Å². The summed E-state index contributed by atoms with van der Waals surface area (Å²) in [6.45, 7) is 6.20. The molecule has 1 N–H and O–H groups in total. The molecule has 0 atom stereocenters. The second-order valence-corrected chi connectivity index (χ2v) is 4.36. The molecule has 0 unspecified atom stereocenters. The minimum Gasteiger partial charge on any atom is -0.494 e. The lowest BCUT2D eigenvalue weighted by atomic mass is 10.2. The summed E-state index contributed by atoms with van der Waals surface area (Å²) >= 11 is 0. The van der Waals surface area contributed by atoms with Gasteiger partial charge in [-0.25, -0.2) is 0 Å². The van der Waals surface area contributed by atoms with E-state index in [0.717, 1.165) is 31.0 Å². The molecule has 1 aromatic rings. The summed E-state index contributed by atoms with van der Waals surface area (Å²) in [7, 11) is 0. The SMILES string of the molecule is CCCCCCNc1cccc(OCCC)c1. The number of benzene rings is 1. The first-order valence-corrected chi connectivity index (χ1v) is 6.83. The number of nitrogens with one attached hydrogen (secondary N) is 1. The van der Waals surface area contributed by atoms with Gasteiger partial charge < -0.3 is 10.1 Å². The molecule has 0 saturated heterocycles. The Hall–Kier alpha value is -1.18. The van der Waals surface area contributed by atoms with Crippen molar-refractivity contribution in [2.45, 2.75) is 46.0 Å². The van der Waals surface area contributed by atoms with Crippen LogP contribution in [-0.2, 0) is 0 Å². The summed E-state index contributed by atoms with van der Waals surface area (Å²) in [5.74, 6) is 0.963. The van der Waals surface area contributed by atoms with E-state index in [9.17, 15) is 0 Å². The molecule has 0 aromatic heterocycles. The zero-order valence-electron chi connectivity index (χ0n) is 11.2. The minimum atomic E-state index is 0.792. The van der Waals surface area contributed by atoms with Gasteiger partial charge in [-0.1, -0.05) is 39.2 Å². The Balaban J connectivity index is 2.27. The van der Waals surface area contributed by atoms with Crippen LogP contribution in [0.5, 0.6) is 5.75 Å². The highest BCUT2D eigenvalue weighted by molar-refractivity contribution is 5.48. The normalized spacial score (nSPS) is 10.2. The monoisotopic (exact) mass is 235 g/mol. The van der Waals surface area contributed by atoms with Crippen LogP contribution in [0.25, 0.3) is 0 Å². The fourth-order valence-corrected chi connectivity index (χ4v) is 1.70. The molecule has 0 aliphatic carbocycles. The van der Waals surface area contributed by atoms with E-state index in [1.165, 1.54) is 25.7 Å². The van der Waals surface area contributed by atoms with Gasteiger partial charge in [0.25, 0.3) is 0 Å². The molecule has 2 heteroatoms. The Labute approximate surface area is 105 Å². The number of hydrogen-bond acceptors (Lipinski definition) is 2. The highest BCUT2D eigenvalue weighted by Crippen LogP contribution is 2.17. The van der Waals surface area contributed by atoms with E-state index in [0.29, 0.717) is 0 Å². The summed E-state index contributed by atoms with van der Waals surface area (Å²) in [6.07, 6.45) is 6.24. The number of rotatable bonds is 9.